The Morgan fingerprint density at radius 1 is 1.19 bits per heavy atom. The molecule has 3 N–H and O–H groups in total. The molecule has 0 spiro atoms. The van der Waals surface area contributed by atoms with Crippen LogP contribution in [0.15, 0.2) is 23.8 Å². The smallest absolute Gasteiger partial charge is 0.329 e. The summed E-state index contributed by atoms with van der Waals surface area (Å²) in [5.74, 6) is -3.44. The Bertz CT molecular complexity index is 1100. The van der Waals surface area contributed by atoms with Gasteiger partial charge in [0, 0.05) is 23.2 Å². The molecular weight excluding hydrogens is 469 g/mol. The Morgan fingerprint density at radius 3 is 2.58 bits per heavy atom. The SMILES string of the molecule is C[C@H]1CC2C3CCC4=CC(=O)C=C[C@]4(C)C3(F)[C@@H](O)C[C@]2(C)[C@@]1(O)C(=O)COC(=O)[C@@H]1CCC(=O)N1. The molecule has 36 heavy (non-hydrogen) atoms. The molecule has 3 saturated carbocycles. The van der Waals surface area contributed by atoms with Crippen LogP contribution in [0.25, 0.3) is 0 Å². The van der Waals surface area contributed by atoms with Crippen molar-refractivity contribution < 1.29 is 38.5 Å². The minimum Gasteiger partial charge on any atom is -0.456 e. The first-order valence-electron chi connectivity index (χ1n) is 12.8. The summed E-state index contributed by atoms with van der Waals surface area (Å²) in [6, 6.07) is -0.811. The molecule has 4 fully saturated rings. The van der Waals surface area contributed by atoms with E-state index in [1.807, 2.05) is 0 Å². The lowest BCUT2D eigenvalue weighted by molar-refractivity contribution is -0.220. The maximum absolute atomic E-state index is 17.2. The molecule has 1 aliphatic heterocycles. The molecule has 4 aliphatic carbocycles. The third-order valence-corrected chi connectivity index (χ3v) is 10.3. The van der Waals surface area contributed by atoms with E-state index < -0.39 is 70.4 Å². The van der Waals surface area contributed by atoms with Crippen molar-refractivity contribution in [2.24, 2.45) is 28.6 Å². The van der Waals surface area contributed by atoms with Gasteiger partial charge >= 0.3 is 5.97 Å². The molecule has 0 aromatic rings. The van der Waals surface area contributed by atoms with E-state index in [0.717, 1.165) is 0 Å². The highest BCUT2D eigenvalue weighted by Crippen LogP contribution is 2.70. The van der Waals surface area contributed by atoms with Crippen molar-refractivity contribution in [3.63, 3.8) is 0 Å². The van der Waals surface area contributed by atoms with Crippen molar-refractivity contribution in [1.29, 1.82) is 0 Å². The van der Waals surface area contributed by atoms with E-state index in [-0.39, 0.29) is 31.0 Å². The topological polar surface area (TPSA) is 130 Å². The van der Waals surface area contributed by atoms with Gasteiger partial charge in [-0.05, 0) is 63.0 Å². The van der Waals surface area contributed by atoms with Crippen molar-refractivity contribution in [3.8, 4) is 0 Å². The number of nitrogens with one attached hydrogen (secondary N) is 1. The number of Topliss-reactive ketones (excluding diaryl/α,β-unsaturated/α-hetero) is 1. The van der Waals surface area contributed by atoms with E-state index in [1.54, 1.807) is 26.8 Å². The van der Waals surface area contributed by atoms with Crippen LogP contribution < -0.4 is 5.32 Å². The standard InChI is InChI=1S/C27H34FNO7/c1-14-10-18-17-5-4-15-11-16(30)8-9-24(15,2)26(17,28)20(31)12-25(18,3)27(14,35)21(32)13-36-23(34)19-6-7-22(33)29-19/h8-9,11,14,17-20,31,35H,4-7,10,12-13H2,1-3H3,(H,29,33)/t14-,17?,18?,19-,20-,24-,25-,26?,27-/m0/s1. The number of esters is 1. The Hall–Kier alpha value is -2.39. The van der Waals surface area contributed by atoms with Gasteiger partial charge in [-0.25, -0.2) is 9.18 Å². The number of amides is 1. The molecule has 9 heteroatoms. The number of alkyl halides is 1. The number of hydrogen-bond acceptors (Lipinski definition) is 7. The summed E-state index contributed by atoms with van der Waals surface area (Å²) >= 11 is 0. The van der Waals surface area contributed by atoms with Gasteiger partial charge in [0.05, 0.1) is 6.10 Å². The molecule has 0 aromatic heterocycles. The minimum atomic E-state index is -2.06. The maximum atomic E-state index is 17.2. The Kier molecular flexibility index (Phi) is 5.65. The number of hydrogen-bond donors (Lipinski definition) is 3. The lowest BCUT2D eigenvalue weighted by Gasteiger charge is -2.62. The van der Waals surface area contributed by atoms with E-state index in [4.69, 9.17) is 4.74 Å². The van der Waals surface area contributed by atoms with Crippen LogP contribution in [0, 0.1) is 28.6 Å². The monoisotopic (exact) mass is 503 g/mol. The van der Waals surface area contributed by atoms with E-state index in [0.29, 0.717) is 24.8 Å². The first-order chi connectivity index (χ1) is 16.8. The van der Waals surface area contributed by atoms with Gasteiger partial charge in [-0.2, -0.15) is 0 Å². The third-order valence-electron chi connectivity index (χ3n) is 10.3. The first-order valence-corrected chi connectivity index (χ1v) is 12.8. The number of rotatable bonds is 4. The van der Waals surface area contributed by atoms with Gasteiger partial charge in [-0.3, -0.25) is 14.4 Å². The van der Waals surface area contributed by atoms with Crippen molar-refractivity contribution in [1.82, 2.24) is 5.32 Å². The summed E-state index contributed by atoms with van der Waals surface area (Å²) in [5, 5.41) is 25.8. The second-order valence-corrected chi connectivity index (χ2v) is 11.9. The van der Waals surface area contributed by atoms with Crippen LogP contribution in [0.2, 0.25) is 0 Å². The number of ketones is 2. The molecular formula is C27H34FNO7. The van der Waals surface area contributed by atoms with Crippen molar-refractivity contribution in [3.05, 3.63) is 23.8 Å². The third kappa shape index (κ3) is 3.11. The minimum absolute atomic E-state index is 0.144. The summed E-state index contributed by atoms with van der Waals surface area (Å²) in [4.78, 5) is 49.2. The summed E-state index contributed by atoms with van der Waals surface area (Å²) < 4.78 is 22.4. The van der Waals surface area contributed by atoms with E-state index in [1.165, 1.54) is 12.2 Å². The van der Waals surface area contributed by atoms with Crippen LogP contribution in [0.5, 0.6) is 0 Å². The summed E-state index contributed by atoms with van der Waals surface area (Å²) in [6.45, 7) is 4.53. The zero-order valence-corrected chi connectivity index (χ0v) is 20.9. The Morgan fingerprint density at radius 2 is 1.92 bits per heavy atom. The molecule has 5 aliphatic rings. The number of halogens is 1. The number of aliphatic hydroxyl groups excluding tert-OH is 1. The molecule has 0 aromatic carbocycles. The van der Waals surface area contributed by atoms with Gasteiger partial charge in [0.15, 0.2) is 18.1 Å². The number of ether oxygens (including phenoxy) is 1. The first kappa shape index (κ1) is 25.3. The van der Waals surface area contributed by atoms with Crippen LogP contribution in [-0.4, -0.2) is 63.7 Å². The van der Waals surface area contributed by atoms with E-state index in [2.05, 4.69) is 5.32 Å². The highest BCUT2D eigenvalue weighted by molar-refractivity contribution is 6.01. The van der Waals surface area contributed by atoms with Crippen LogP contribution in [0.4, 0.5) is 4.39 Å². The summed E-state index contributed by atoms with van der Waals surface area (Å²) in [7, 11) is 0. The lowest BCUT2D eigenvalue weighted by atomic mass is 9.44. The molecule has 0 radical (unpaired) electrons. The van der Waals surface area contributed by atoms with Gasteiger partial charge in [-0.1, -0.05) is 25.5 Å². The average molecular weight is 504 g/mol. The normalized spacial score (nSPS) is 47.4. The second-order valence-electron chi connectivity index (χ2n) is 11.9. The molecule has 1 heterocycles. The largest absolute Gasteiger partial charge is 0.456 e. The fourth-order valence-electron chi connectivity index (χ4n) is 8.28. The second kappa shape index (κ2) is 8.05. The molecule has 1 saturated heterocycles. The summed E-state index contributed by atoms with van der Waals surface area (Å²) in [5.41, 5.74) is -5.60. The molecule has 196 valence electrons. The van der Waals surface area contributed by atoms with E-state index in [9.17, 15) is 29.4 Å². The Labute approximate surface area is 209 Å². The number of allylic oxidation sites excluding steroid dienone is 4. The van der Waals surface area contributed by atoms with Crippen LogP contribution in [-0.2, 0) is 23.9 Å². The highest BCUT2D eigenvalue weighted by Gasteiger charge is 2.75. The fraction of sp³-hybridized carbons (Fsp3) is 0.704. The van der Waals surface area contributed by atoms with Gasteiger partial charge in [0.25, 0.3) is 0 Å². The van der Waals surface area contributed by atoms with Crippen molar-refractivity contribution in [2.75, 3.05) is 6.61 Å². The zero-order chi connectivity index (χ0) is 26.3. The van der Waals surface area contributed by atoms with Crippen LogP contribution >= 0.6 is 0 Å². The van der Waals surface area contributed by atoms with Gasteiger partial charge in [0.1, 0.15) is 11.6 Å². The average Bonchev–Trinajstić information content (AvgIpc) is 3.34. The molecule has 9 atom stereocenters. The van der Waals surface area contributed by atoms with Crippen LogP contribution in [0.1, 0.15) is 59.3 Å². The van der Waals surface area contributed by atoms with Crippen molar-refractivity contribution in [2.45, 2.75) is 82.7 Å². The predicted octanol–water partition coefficient (Wildman–Crippen LogP) is 1.73. The number of aliphatic hydroxyl groups is 2. The fourth-order valence-corrected chi connectivity index (χ4v) is 8.28. The van der Waals surface area contributed by atoms with E-state index >= 15 is 4.39 Å². The number of carbonyl (C=O) groups excluding carboxylic acids is 4. The quantitative estimate of drug-likeness (QED) is 0.498. The van der Waals surface area contributed by atoms with Gasteiger partial charge in [-0.15, -0.1) is 0 Å². The number of fused-ring (bicyclic) bond motifs is 5. The maximum Gasteiger partial charge on any atom is 0.329 e. The Balaban J connectivity index is 1.42. The predicted molar refractivity (Wildman–Crippen MR) is 125 cm³/mol. The molecule has 5 rings (SSSR count). The number of carbonyl (C=O) groups is 4. The molecule has 0 bridgehead atoms. The molecule has 8 nitrogen and oxygen atoms in total. The zero-order valence-electron chi connectivity index (χ0n) is 20.9. The molecule has 3 unspecified atom stereocenters. The van der Waals surface area contributed by atoms with Crippen LogP contribution in [0.3, 0.4) is 0 Å². The molecule has 1 amide bonds. The van der Waals surface area contributed by atoms with Gasteiger partial charge in [0.2, 0.25) is 11.7 Å². The van der Waals surface area contributed by atoms with Crippen molar-refractivity contribution >= 4 is 23.4 Å². The van der Waals surface area contributed by atoms with Gasteiger partial charge < -0.3 is 20.3 Å². The lowest BCUT2D eigenvalue weighted by Crippen LogP contribution is -2.69. The highest BCUT2D eigenvalue weighted by atomic mass is 19.1. The summed E-state index contributed by atoms with van der Waals surface area (Å²) in [6.07, 6.45) is 4.53.